The fourth-order valence-corrected chi connectivity index (χ4v) is 1.12. The summed E-state index contributed by atoms with van der Waals surface area (Å²) in [7, 11) is 3.49. The Morgan fingerprint density at radius 1 is 0.947 bits per heavy atom. The van der Waals surface area contributed by atoms with Crippen molar-refractivity contribution in [2.24, 2.45) is 10.2 Å². The molecule has 1 heterocycles. The molecule has 110 valence electrons. The maximum atomic E-state index is 4.33. The molecule has 0 spiro atoms. The third kappa shape index (κ3) is 11.0. The first-order valence-electron chi connectivity index (χ1n) is 4.64. The first-order chi connectivity index (χ1) is 7.26. The summed E-state index contributed by atoms with van der Waals surface area (Å²) >= 11 is 0. The van der Waals surface area contributed by atoms with E-state index in [4.69, 9.17) is 0 Å². The Morgan fingerprint density at radius 2 is 1.32 bits per heavy atom. The van der Waals surface area contributed by atoms with Crippen molar-refractivity contribution in [1.29, 1.82) is 0 Å². The number of rotatable bonds is 4. The van der Waals surface area contributed by atoms with E-state index in [1.54, 1.807) is 26.5 Å². The summed E-state index contributed by atoms with van der Waals surface area (Å²) in [5, 5.41) is 7.81. The number of nitrogens with zero attached hydrogens (tertiary/aromatic N) is 3. The van der Waals surface area contributed by atoms with Gasteiger partial charge in [-0.2, -0.15) is 10.2 Å². The quantitative estimate of drug-likeness (QED) is 0.409. The van der Waals surface area contributed by atoms with Crippen LogP contribution in [0.2, 0.25) is 0 Å². The third-order valence-electron chi connectivity index (χ3n) is 1.66. The molecule has 0 saturated heterocycles. The normalized spacial score (nSPS) is 8.79. The van der Waals surface area contributed by atoms with E-state index in [2.05, 4.69) is 26.0 Å². The second-order valence-electron chi connectivity index (χ2n) is 2.96. The molecule has 1 rings (SSSR count). The molecule has 0 bridgehead atoms. The van der Waals surface area contributed by atoms with Gasteiger partial charge < -0.3 is 48.1 Å². The zero-order valence-corrected chi connectivity index (χ0v) is 13.9. The topological polar surface area (TPSA) is 61.7 Å². The Morgan fingerprint density at radius 3 is 1.63 bits per heavy atom. The van der Waals surface area contributed by atoms with Crippen LogP contribution in [-0.2, 0) is 16.8 Å². The van der Waals surface area contributed by atoms with Crippen LogP contribution >= 0.6 is 0 Å². The molecule has 9 heteroatoms. The monoisotopic (exact) mass is 369 g/mol. The number of hydrazone groups is 2. The molecule has 5 nitrogen and oxygen atoms in total. The zero-order chi connectivity index (χ0) is 11.1. The van der Waals surface area contributed by atoms with Crippen molar-refractivity contribution in [3.63, 3.8) is 0 Å². The maximum Gasteiger partial charge on any atom is 3.00 e. The van der Waals surface area contributed by atoms with Crippen LogP contribution in [0.5, 0.6) is 0 Å². The van der Waals surface area contributed by atoms with Gasteiger partial charge in [0, 0.05) is 14.1 Å². The van der Waals surface area contributed by atoms with Crippen LogP contribution < -0.4 is 48.1 Å². The Labute approximate surface area is 142 Å². The van der Waals surface area contributed by atoms with Gasteiger partial charge in [-0.15, -0.1) is 0 Å². The molecular weight excluding hydrogens is 355 g/mol. The van der Waals surface area contributed by atoms with E-state index in [1.165, 1.54) is 0 Å². The molecule has 0 saturated carbocycles. The molecule has 0 amide bonds. The molecule has 0 fully saturated rings. The van der Waals surface area contributed by atoms with E-state index < -0.39 is 0 Å². The number of hydrogen-bond acceptors (Lipinski definition) is 5. The van der Waals surface area contributed by atoms with Crippen LogP contribution in [0, 0.1) is 6.92 Å². The van der Waals surface area contributed by atoms with E-state index in [0.717, 1.165) is 17.0 Å². The van der Waals surface area contributed by atoms with Gasteiger partial charge in [0.1, 0.15) is 0 Å². The Hall–Kier alpha value is -0.534. The Bertz CT molecular complexity index is 355. The van der Waals surface area contributed by atoms with Crippen molar-refractivity contribution in [1.82, 2.24) is 15.8 Å². The van der Waals surface area contributed by atoms with Crippen LogP contribution in [0.1, 0.15) is 17.0 Å². The van der Waals surface area contributed by atoms with Gasteiger partial charge in [0.15, 0.2) is 0 Å². The van der Waals surface area contributed by atoms with Gasteiger partial charge in [-0.05, 0) is 24.6 Å². The summed E-state index contributed by atoms with van der Waals surface area (Å²) in [6, 6.07) is 3.91. The molecule has 0 aliphatic rings. The predicted molar refractivity (Wildman–Crippen MR) is 62.3 cm³/mol. The molecule has 1 aromatic heterocycles. The predicted octanol–water partition coefficient (Wildman–Crippen LogP) is -8.49. The summed E-state index contributed by atoms with van der Waals surface area (Å²) in [6.45, 7) is 2.01. The third-order valence-corrected chi connectivity index (χ3v) is 1.66. The fourth-order valence-electron chi connectivity index (χ4n) is 1.12. The number of pyridine rings is 1. The smallest absolute Gasteiger partial charge is 1.00 e. The van der Waals surface area contributed by atoms with Crippen molar-refractivity contribution in [2.45, 2.75) is 6.92 Å². The first-order valence-corrected chi connectivity index (χ1v) is 4.64. The minimum absolute atomic E-state index is 0. The van der Waals surface area contributed by atoms with E-state index in [9.17, 15) is 0 Å². The average molecular weight is 371 g/mol. The van der Waals surface area contributed by atoms with Crippen LogP contribution in [-0.4, -0.2) is 31.5 Å². The molecule has 2 N–H and O–H groups in total. The largest absolute Gasteiger partial charge is 3.00 e. The number of nitrogens with one attached hydrogen (secondary N) is 2. The summed E-state index contributed by atoms with van der Waals surface area (Å²) < 4.78 is 0. The number of halogens is 3. The van der Waals surface area contributed by atoms with Crippen LogP contribution in [0.3, 0.4) is 0 Å². The van der Waals surface area contributed by atoms with Crippen molar-refractivity contribution in [2.75, 3.05) is 14.1 Å². The van der Waals surface area contributed by atoms with Gasteiger partial charge in [-0.25, -0.2) is 4.98 Å². The van der Waals surface area contributed by atoms with Gasteiger partial charge in [-0.3, -0.25) is 0 Å². The first kappa shape index (κ1) is 26.9. The molecule has 0 aliphatic carbocycles. The van der Waals surface area contributed by atoms with Gasteiger partial charge in [0.2, 0.25) is 0 Å². The number of aromatic nitrogens is 1. The van der Waals surface area contributed by atoms with Crippen LogP contribution in [0.15, 0.2) is 22.3 Å². The van der Waals surface area contributed by atoms with Gasteiger partial charge >= 0.3 is 16.8 Å². The van der Waals surface area contributed by atoms with Crippen LogP contribution in [0.25, 0.3) is 0 Å². The molecule has 0 aliphatic heterocycles. The van der Waals surface area contributed by atoms with Gasteiger partial charge in [0.25, 0.3) is 0 Å². The SMILES string of the molecule is CNN=Cc1cc(C)cc(C=NNC)n1.[Cl-].[Cl-].[Cl-].[Co+3]. The minimum Gasteiger partial charge on any atom is -1.00 e. The van der Waals surface area contributed by atoms with Crippen molar-refractivity contribution < 1.29 is 54.0 Å². The van der Waals surface area contributed by atoms with E-state index in [-0.39, 0.29) is 54.0 Å². The van der Waals surface area contributed by atoms with E-state index >= 15 is 0 Å². The summed E-state index contributed by atoms with van der Waals surface area (Å²) in [5.74, 6) is 0. The molecule has 1 aromatic rings. The molecule has 0 atom stereocenters. The second-order valence-corrected chi connectivity index (χ2v) is 2.96. The van der Waals surface area contributed by atoms with Gasteiger partial charge in [0.05, 0.1) is 23.8 Å². The molecule has 0 radical (unpaired) electrons. The molecular formula is C10H15Cl3CoN5. The summed E-state index contributed by atoms with van der Waals surface area (Å²) in [5.41, 5.74) is 8.10. The average Bonchev–Trinajstić information content (AvgIpc) is 2.23. The van der Waals surface area contributed by atoms with E-state index in [1.807, 2.05) is 19.1 Å². The number of hydrogen-bond donors (Lipinski definition) is 2. The fraction of sp³-hybridized carbons (Fsp3) is 0.300. The zero-order valence-electron chi connectivity index (χ0n) is 10.6. The maximum absolute atomic E-state index is 4.33. The minimum atomic E-state index is 0. The van der Waals surface area contributed by atoms with Crippen molar-refractivity contribution in [3.8, 4) is 0 Å². The number of aryl methyl sites for hydroxylation is 1. The second kappa shape index (κ2) is 15.5. The van der Waals surface area contributed by atoms with E-state index in [0.29, 0.717) is 0 Å². The van der Waals surface area contributed by atoms with Crippen LogP contribution in [0.4, 0.5) is 0 Å². The van der Waals surface area contributed by atoms with Crippen molar-refractivity contribution >= 4 is 12.4 Å². The molecule has 0 aromatic carbocycles. The molecule has 19 heavy (non-hydrogen) atoms. The van der Waals surface area contributed by atoms with Gasteiger partial charge in [-0.1, -0.05) is 0 Å². The standard InChI is InChI=1S/C10H15N5.3ClH.Co/c1-8-4-9(6-13-11-2)15-10(5-8)7-14-12-3;;;;/h4-7,11-12H,1-3H3;3*1H;/q;;;;+3/p-3. The Balaban J connectivity index is -0.000000281. The molecule has 0 unspecified atom stereocenters. The summed E-state index contributed by atoms with van der Waals surface area (Å²) in [6.07, 6.45) is 3.34. The van der Waals surface area contributed by atoms with Crippen molar-refractivity contribution in [3.05, 3.63) is 29.1 Å². The Kier molecular flexibility index (Phi) is 22.0. The summed E-state index contributed by atoms with van der Waals surface area (Å²) in [4.78, 5) is 4.33.